The zero-order chi connectivity index (χ0) is 24.5. The molecule has 7 nitrogen and oxygen atoms in total. The van der Waals surface area contributed by atoms with E-state index in [9.17, 15) is 9.59 Å². The minimum Gasteiger partial charge on any atom is -0.491 e. The summed E-state index contributed by atoms with van der Waals surface area (Å²) in [5.41, 5.74) is 0. The molecule has 1 unspecified atom stereocenters. The Morgan fingerprint density at radius 3 is 1.82 bits per heavy atom. The van der Waals surface area contributed by atoms with Gasteiger partial charge in [0, 0.05) is 28.5 Å². The average Bonchev–Trinajstić information content (AvgIpc) is 2.81. The predicted octanol–water partition coefficient (Wildman–Crippen LogP) is 4.81. The van der Waals surface area contributed by atoms with Gasteiger partial charge in [-0.25, -0.2) is 9.59 Å². The first-order valence-electron chi connectivity index (χ1n) is 11.4. The molecule has 3 heterocycles. The van der Waals surface area contributed by atoms with Crippen LogP contribution in [0.1, 0.15) is 26.7 Å². The lowest BCUT2D eigenvalue weighted by atomic mass is 9.86. The van der Waals surface area contributed by atoms with Gasteiger partial charge in [0.25, 0.3) is 0 Å². The highest BCUT2D eigenvalue weighted by Crippen LogP contribution is 2.33. The second kappa shape index (κ2) is 12.5. The van der Waals surface area contributed by atoms with Crippen molar-refractivity contribution in [1.29, 1.82) is 0 Å². The molecule has 2 aromatic rings. The normalized spacial score (nSPS) is 21.1. The molecule has 0 aliphatic carbocycles. The molecule has 182 valence electrons. The topological polar surface area (TPSA) is 96.3 Å². The third kappa shape index (κ3) is 8.43. The quantitative estimate of drug-likeness (QED) is 0.514. The van der Waals surface area contributed by atoms with E-state index in [4.69, 9.17) is 19.7 Å². The summed E-state index contributed by atoms with van der Waals surface area (Å²) in [6.45, 7) is 7.68. The first kappa shape index (κ1) is 25.6. The van der Waals surface area contributed by atoms with Crippen LogP contribution in [0.3, 0.4) is 0 Å². The van der Waals surface area contributed by atoms with Gasteiger partial charge in [-0.2, -0.15) is 0 Å². The molecular formula is C26H31NO6S. The fourth-order valence-electron chi connectivity index (χ4n) is 3.94. The SMILES string of the molecule is CC(C)Oc1ccc(Sc2ccc(OC3CN4CCC3CC4)cc2)cc1.O=C(O)C=CC(=O)O. The van der Waals surface area contributed by atoms with Crippen LogP contribution in [-0.4, -0.2) is 58.9 Å². The van der Waals surface area contributed by atoms with E-state index in [1.165, 1.54) is 35.7 Å². The molecule has 1 atom stereocenters. The van der Waals surface area contributed by atoms with Crippen LogP contribution in [0.15, 0.2) is 70.5 Å². The van der Waals surface area contributed by atoms with E-state index in [0.29, 0.717) is 18.3 Å². The maximum absolute atomic E-state index is 9.55. The number of rotatable bonds is 8. The van der Waals surface area contributed by atoms with Crippen LogP contribution < -0.4 is 9.47 Å². The van der Waals surface area contributed by atoms with Gasteiger partial charge in [0.05, 0.1) is 6.10 Å². The number of hydrogen-bond donors (Lipinski definition) is 2. The van der Waals surface area contributed by atoms with Gasteiger partial charge in [-0.15, -0.1) is 0 Å². The van der Waals surface area contributed by atoms with Gasteiger partial charge in [-0.05, 0) is 94.2 Å². The van der Waals surface area contributed by atoms with E-state index >= 15 is 0 Å². The maximum atomic E-state index is 9.55. The van der Waals surface area contributed by atoms with Gasteiger partial charge in [-0.1, -0.05) is 11.8 Å². The summed E-state index contributed by atoms with van der Waals surface area (Å²) >= 11 is 1.76. The van der Waals surface area contributed by atoms with Crippen molar-refractivity contribution >= 4 is 23.7 Å². The third-order valence-corrected chi connectivity index (χ3v) is 6.52. The van der Waals surface area contributed by atoms with E-state index in [2.05, 4.69) is 41.3 Å². The molecule has 0 aromatic heterocycles. The molecule has 2 bridgehead atoms. The molecule has 2 aromatic carbocycles. The van der Waals surface area contributed by atoms with Gasteiger partial charge in [0.2, 0.25) is 0 Å². The summed E-state index contributed by atoms with van der Waals surface area (Å²) in [5.74, 6) is 0.139. The Morgan fingerprint density at radius 1 is 0.912 bits per heavy atom. The summed E-state index contributed by atoms with van der Waals surface area (Å²) in [6.07, 6.45) is 4.26. The fraction of sp³-hybridized carbons (Fsp3) is 0.385. The van der Waals surface area contributed by atoms with Crippen molar-refractivity contribution in [2.75, 3.05) is 19.6 Å². The van der Waals surface area contributed by atoms with Crippen LogP contribution in [0.2, 0.25) is 0 Å². The Balaban J connectivity index is 0.000000350. The first-order valence-corrected chi connectivity index (χ1v) is 12.2. The molecule has 3 saturated heterocycles. The lowest BCUT2D eigenvalue weighted by Crippen LogP contribution is -2.52. The number of carboxylic acid groups (broad SMARTS) is 2. The zero-order valence-electron chi connectivity index (χ0n) is 19.4. The molecular weight excluding hydrogens is 454 g/mol. The third-order valence-electron chi connectivity index (χ3n) is 5.51. The summed E-state index contributed by atoms with van der Waals surface area (Å²) < 4.78 is 12.0. The van der Waals surface area contributed by atoms with Crippen molar-refractivity contribution in [3.8, 4) is 11.5 Å². The summed E-state index contributed by atoms with van der Waals surface area (Å²) in [4.78, 5) is 24.1. The predicted molar refractivity (Wildman–Crippen MR) is 131 cm³/mol. The highest BCUT2D eigenvalue weighted by atomic mass is 32.2. The van der Waals surface area contributed by atoms with E-state index in [1.807, 2.05) is 26.0 Å². The van der Waals surface area contributed by atoms with Gasteiger partial charge in [-0.3, -0.25) is 4.90 Å². The van der Waals surface area contributed by atoms with Crippen LogP contribution in [-0.2, 0) is 9.59 Å². The first-order chi connectivity index (χ1) is 16.3. The number of ether oxygens (including phenoxy) is 2. The van der Waals surface area contributed by atoms with E-state index < -0.39 is 11.9 Å². The molecule has 0 saturated carbocycles. The highest BCUT2D eigenvalue weighted by molar-refractivity contribution is 7.99. The molecule has 3 aliphatic rings. The lowest BCUT2D eigenvalue weighted by Gasteiger charge is -2.44. The lowest BCUT2D eigenvalue weighted by molar-refractivity contribution is -0.134. The Bertz CT molecular complexity index is 950. The number of hydrogen-bond acceptors (Lipinski definition) is 6. The summed E-state index contributed by atoms with van der Waals surface area (Å²) in [6, 6.07) is 16.8. The van der Waals surface area contributed by atoms with Crippen molar-refractivity contribution in [1.82, 2.24) is 4.90 Å². The number of carbonyl (C=O) groups is 2. The smallest absolute Gasteiger partial charge is 0.328 e. The van der Waals surface area contributed by atoms with Crippen molar-refractivity contribution in [2.45, 2.75) is 48.7 Å². The minimum atomic E-state index is -1.26. The highest BCUT2D eigenvalue weighted by Gasteiger charge is 2.35. The van der Waals surface area contributed by atoms with Crippen molar-refractivity contribution in [3.63, 3.8) is 0 Å². The summed E-state index contributed by atoms with van der Waals surface area (Å²) in [5, 5.41) is 15.6. The van der Waals surface area contributed by atoms with Crippen molar-refractivity contribution in [3.05, 3.63) is 60.7 Å². The molecule has 5 rings (SSSR count). The standard InChI is InChI=1S/C22H27NO2S.C4H4O4/c1-16(2)24-18-3-7-20(8-4-18)26-21-9-5-19(6-10-21)25-22-15-23-13-11-17(22)12-14-23;5-3(6)1-2-4(7)8/h3-10,16-17,22H,11-15H2,1-2H3;1-2H,(H,5,6)(H,7,8). The van der Waals surface area contributed by atoms with E-state index in [-0.39, 0.29) is 6.10 Å². The van der Waals surface area contributed by atoms with Gasteiger partial charge in [0.15, 0.2) is 0 Å². The van der Waals surface area contributed by atoms with Gasteiger partial charge in [0.1, 0.15) is 17.6 Å². The Kier molecular flexibility index (Phi) is 9.42. The molecule has 3 fully saturated rings. The van der Waals surface area contributed by atoms with E-state index in [1.54, 1.807) is 11.8 Å². The molecule has 8 heteroatoms. The summed E-state index contributed by atoms with van der Waals surface area (Å²) in [7, 11) is 0. The van der Waals surface area contributed by atoms with Gasteiger partial charge >= 0.3 is 11.9 Å². The van der Waals surface area contributed by atoms with Crippen LogP contribution in [0.4, 0.5) is 0 Å². The fourth-order valence-corrected chi connectivity index (χ4v) is 4.76. The maximum Gasteiger partial charge on any atom is 0.328 e. The van der Waals surface area contributed by atoms with Crippen LogP contribution >= 0.6 is 11.8 Å². The van der Waals surface area contributed by atoms with E-state index in [0.717, 1.165) is 24.0 Å². The number of fused-ring (bicyclic) bond motifs is 3. The Morgan fingerprint density at radius 2 is 1.41 bits per heavy atom. The Hall–Kier alpha value is -2.97. The number of nitrogens with zero attached hydrogens (tertiary/aromatic N) is 1. The molecule has 2 N–H and O–H groups in total. The molecule has 0 radical (unpaired) electrons. The Labute approximate surface area is 204 Å². The molecule has 3 aliphatic heterocycles. The number of benzene rings is 2. The zero-order valence-corrected chi connectivity index (χ0v) is 20.2. The van der Waals surface area contributed by atoms with Crippen LogP contribution in [0.5, 0.6) is 11.5 Å². The second-order valence-electron chi connectivity index (χ2n) is 8.52. The van der Waals surface area contributed by atoms with Crippen LogP contribution in [0, 0.1) is 5.92 Å². The molecule has 0 spiro atoms. The van der Waals surface area contributed by atoms with Gasteiger partial charge < -0.3 is 19.7 Å². The molecule has 0 amide bonds. The second-order valence-corrected chi connectivity index (χ2v) is 9.66. The average molecular weight is 486 g/mol. The number of piperidine rings is 3. The minimum absolute atomic E-state index is 0.206. The largest absolute Gasteiger partial charge is 0.491 e. The van der Waals surface area contributed by atoms with Crippen molar-refractivity contribution in [2.24, 2.45) is 5.92 Å². The van der Waals surface area contributed by atoms with Crippen molar-refractivity contribution < 1.29 is 29.3 Å². The molecule has 34 heavy (non-hydrogen) atoms. The van der Waals surface area contributed by atoms with Crippen LogP contribution in [0.25, 0.3) is 0 Å². The number of aliphatic carboxylic acids is 2. The number of carboxylic acids is 2. The monoisotopic (exact) mass is 485 g/mol.